The van der Waals surface area contributed by atoms with E-state index in [1.807, 2.05) is 31.2 Å². The summed E-state index contributed by atoms with van der Waals surface area (Å²) in [7, 11) is 1.71. The first kappa shape index (κ1) is 16.6. The standard InChI is InChI=1S/C17H18ClNO2S/c1-11-7-8-15(12(2)9-11)20-10-13-14(18)5-4-6-16(13)21-17(22)19-3/h4-9H,10H2,1-3H3,(H,19,22). The molecular weight excluding hydrogens is 318 g/mol. The van der Waals surface area contributed by atoms with E-state index in [9.17, 15) is 0 Å². The minimum absolute atomic E-state index is 0.287. The smallest absolute Gasteiger partial charge is 0.261 e. The molecule has 3 nitrogen and oxygen atoms in total. The van der Waals surface area contributed by atoms with E-state index >= 15 is 0 Å². The van der Waals surface area contributed by atoms with Crippen LogP contribution in [-0.2, 0) is 6.61 Å². The highest BCUT2D eigenvalue weighted by Gasteiger charge is 2.11. The highest BCUT2D eigenvalue weighted by molar-refractivity contribution is 7.80. The van der Waals surface area contributed by atoms with Gasteiger partial charge in [-0.1, -0.05) is 35.4 Å². The van der Waals surface area contributed by atoms with Crippen LogP contribution in [0.5, 0.6) is 11.5 Å². The number of halogens is 1. The van der Waals surface area contributed by atoms with Crippen LogP contribution in [0.1, 0.15) is 16.7 Å². The first-order chi connectivity index (χ1) is 10.5. The molecule has 0 saturated heterocycles. The Morgan fingerprint density at radius 3 is 2.64 bits per heavy atom. The summed E-state index contributed by atoms with van der Waals surface area (Å²) in [6, 6.07) is 11.5. The lowest BCUT2D eigenvalue weighted by atomic mass is 10.1. The van der Waals surface area contributed by atoms with Crippen LogP contribution in [-0.4, -0.2) is 12.2 Å². The second-order valence-electron chi connectivity index (χ2n) is 4.91. The maximum atomic E-state index is 6.26. The van der Waals surface area contributed by atoms with E-state index in [2.05, 4.69) is 18.3 Å². The van der Waals surface area contributed by atoms with Crippen molar-refractivity contribution in [3.05, 3.63) is 58.1 Å². The monoisotopic (exact) mass is 335 g/mol. The summed E-state index contributed by atoms with van der Waals surface area (Å²) < 4.78 is 11.5. The molecule has 0 saturated carbocycles. The van der Waals surface area contributed by atoms with E-state index < -0.39 is 0 Å². The number of hydrogen-bond acceptors (Lipinski definition) is 3. The second-order valence-corrected chi connectivity index (χ2v) is 5.69. The lowest BCUT2D eigenvalue weighted by Gasteiger charge is -2.15. The lowest BCUT2D eigenvalue weighted by Crippen LogP contribution is -2.22. The van der Waals surface area contributed by atoms with E-state index in [4.69, 9.17) is 33.3 Å². The molecule has 0 bridgehead atoms. The van der Waals surface area contributed by atoms with Gasteiger partial charge in [0.25, 0.3) is 5.17 Å². The second kappa shape index (κ2) is 7.47. The van der Waals surface area contributed by atoms with Crippen molar-refractivity contribution in [2.24, 2.45) is 0 Å². The molecule has 2 aromatic carbocycles. The minimum Gasteiger partial charge on any atom is -0.488 e. The molecule has 0 aliphatic heterocycles. The fourth-order valence-electron chi connectivity index (χ4n) is 2.04. The van der Waals surface area contributed by atoms with Crippen molar-refractivity contribution in [3.8, 4) is 11.5 Å². The van der Waals surface area contributed by atoms with Crippen LogP contribution in [0, 0.1) is 13.8 Å². The van der Waals surface area contributed by atoms with Gasteiger partial charge in [0.05, 0.1) is 10.6 Å². The van der Waals surface area contributed by atoms with Gasteiger partial charge in [-0.2, -0.15) is 0 Å². The number of aryl methyl sites for hydroxylation is 2. The number of hydrogen-bond donors (Lipinski definition) is 1. The average molecular weight is 336 g/mol. The molecule has 5 heteroatoms. The molecule has 2 aromatic rings. The normalized spacial score (nSPS) is 10.2. The number of benzene rings is 2. The van der Waals surface area contributed by atoms with Crippen molar-refractivity contribution < 1.29 is 9.47 Å². The van der Waals surface area contributed by atoms with Crippen molar-refractivity contribution in [1.82, 2.24) is 5.32 Å². The van der Waals surface area contributed by atoms with E-state index in [1.165, 1.54) is 5.56 Å². The first-order valence-electron chi connectivity index (χ1n) is 6.88. The maximum Gasteiger partial charge on any atom is 0.261 e. The quantitative estimate of drug-likeness (QED) is 0.838. The van der Waals surface area contributed by atoms with Gasteiger partial charge in [-0.3, -0.25) is 0 Å². The molecule has 0 amide bonds. The zero-order chi connectivity index (χ0) is 16.1. The van der Waals surface area contributed by atoms with Gasteiger partial charge in [0, 0.05) is 7.05 Å². The summed E-state index contributed by atoms with van der Waals surface area (Å²) in [6.07, 6.45) is 0. The molecule has 0 aliphatic carbocycles. The van der Waals surface area contributed by atoms with Crippen LogP contribution in [0.25, 0.3) is 0 Å². The average Bonchev–Trinajstić information content (AvgIpc) is 2.48. The highest BCUT2D eigenvalue weighted by atomic mass is 35.5. The number of thiocarbonyl (C=S) groups is 1. The summed E-state index contributed by atoms with van der Waals surface area (Å²) >= 11 is 11.3. The summed E-state index contributed by atoms with van der Waals surface area (Å²) in [6.45, 7) is 4.38. The molecular formula is C17H18ClNO2S. The summed E-state index contributed by atoms with van der Waals surface area (Å²) in [5, 5.41) is 3.65. The van der Waals surface area contributed by atoms with Gasteiger partial charge < -0.3 is 14.8 Å². The SMILES string of the molecule is CNC(=S)Oc1cccc(Cl)c1COc1ccc(C)cc1C. The van der Waals surface area contributed by atoms with Gasteiger partial charge >= 0.3 is 0 Å². The van der Waals surface area contributed by atoms with Crippen LogP contribution < -0.4 is 14.8 Å². The van der Waals surface area contributed by atoms with Gasteiger partial charge in [-0.25, -0.2) is 0 Å². The van der Waals surface area contributed by atoms with Gasteiger partial charge in [-0.05, 0) is 49.8 Å². The molecule has 0 heterocycles. The summed E-state index contributed by atoms with van der Waals surface area (Å²) in [5.41, 5.74) is 3.05. The predicted octanol–water partition coefficient (Wildman–Crippen LogP) is 4.42. The third-order valence-corrected chi connectivity index (χ3v) is 3.83. The van der Waals surface area contributed by atoms with E-state index in [0.29, 0.717) is 17.4 Å². The lowest BCUT2D eigenvalue weighted by molar-refractivity contribution is 0.300. The molecule has 2 rings (SSSR count). The molecule has 22 heavy (non-hydrogen) atoms. The topological polar surface area (TPSA) is 30.5 Å². The third kappa shape index (κ3) is 4.12. The van der Waals surface area contributed by atoms with E-state index in [0.717, 1.165) is 16.9 Å². The van der Waals surface area contributed by atoms with Crippen molar-refractivity contribution in [2.75, 3.05) is 7.05 Å². The summed E-state index contributed by atoms with van der Waals surface area (Å²) in [4.78, 5) is 0. The van der Waals surface area contributed by atoms with Crippen LogP contribution in [0.15, 0.2) is 36.4 Å². The number of nitrogens with one attached hydrogen (secondary N) is 1. The van der Waals surface area contributed by atoms with Crippen molar-refractivity contribution in [3.63, 3.8) is 0 Å². The third-order valence-electron chi connectivity index (χ3n) is 3.19. The number of ether oxygens (including phenoxy) is 2. The van der Waals surface area contributed by atoms with E-state index in [-0.39, 0.29) is 5.17 Å². The van der Waals surface area contributed by atoms with Gasteiger partial charge in [0.2, 0.25) is 0 Å². The molecule has 0 aromatic heterocycles. The van der Waals surface area contributed by atoms with Gasteiger partial charge in [0.1, 0.15) is 18.1 Å². The number of rotatable bonds is 4. The Balaban J connectivity index is 2.19. The minimum atomic E-state index is 0.287. The highest BCUT2D eigenvalue weighted by Crippen LogP contribution is 2.29. The zero-order valence-electron chi connectivity index (χ0n) is 12.8. The molecule has 0 spiro atoms. The van der Waals surface area contributed by atoms with Gasteiger partial charge in [0.15, 0.2) is 0 Å². The molecule has 0 aliphatic rings. The molecule has 0 fully saturated rings. The first-order valence-corrected chi connectivity index (χ1v) is 7.67. The Kier molecular flexibility index (Phi) is 5.63. The fraction of sp³-hybridized carbons (Fsp3) is 0.235. The predicted molar refractivity (Wildman–Crippen MR) is 94.0 cm³/mol. The Morgan fingerprint density at radius 1 is 1.18 bits per heavy atom. The van der Waals surface area contributed by atoms with Crippen LogP contribution in [0.4, 0.5) is 0 Å². The Labute approximate surface area is 141 Å². The van der Waals surface area contributed by atoms with Crippen LogP contribution in [0.3, 0.4) is 0 Å². The van der Waals surface area contributed by atoms with Crippen molar-refractivity contribution in [1.29, 1.82) is 0 Å². The molecule has 0 atom stereocenters. The van der Waals surface area contributed by atoms with Crippen LogP contribution >= 0.6 is 23.8 Å². The van der Waals surface area contributed by atoms with Crippen molar-refractivity contribution >= 4 is 29.0 Å². The Hall–Kier alpha value is -1.78. The molecule has 1 N–H and O–H groups in total. The van der Waals surface area contributed by atoms with Crippen molar-refractivity contribution in [2.45, 2.75) is 20.5 Å². The zero-order valence-corrected chi connectivity index (χ0v) is 14.3. The fourth-order valence-corrected chi connectivity index (χ4v) is 2.35. The maximum absolute atomic E-state index is 6.26. The van der Waals surface area contributed by atoms with E-state index in [1.54, 1.807) is 13.1 Å². The summed E-state index contributed by atoms with van der Waals surface area (Å²) in [5.74, 6) is 1.42. The molecule has 0 unspecified atom stereocenters. The molecule has 0 radical (unpaired) electrons. The Morgan fingerprint density at radius 2 is 1.95 bits per heavy atom. The van der Waals surface area contributed by atoms with Crippen LogP contribution in [0.2, 0.25) is 5.02 Å². The molecule has 116 valence electrons. The Bertz CT molecular complexity index is 688. The largest absolute Gasteiger partial charge is 0.488 e. The van der Waals surface area contributed by atoms with Gasteiger partial charge in [-0.15, -0.1) is 0 Å².